The van der Waals surface area contributed by atoms with Crippen LogP contribution in [-0.2, 0) is 6.42 Å². The summed E-state index contributed by atoms with van der Waals surface area (Å²) in [6, 6.07) is 0.346. The van der Waals surface area contributed by atoms with Crippen LogP contribution in [0.3, 0.4) is 0 Å². The number of nitrogens with zero attached hydrogens (tertiary/aromatic N) is 3. The Labute approximate surface area is 146 Å². The highest BCUT2D eigenvalue weighted by Gasteiger charge is 2.25. The topological polar surface area (TPSA) is 41.1 Å². The molecule has 0 amide bonds. The van der Waals surface area contributed by atoms with Gasteiger partial charge in [-0.3, -0.25) is 4.90 Å². The first-order chi connectivity index (χ1) is 10.2. The van der Waals surface area contributed by atoms with Crippen molar-refractivity contribution in [3.05, 3.63) is 15.1 Å². The van der Waals surface area contributed by atoms with Gasteiger partial charge in [-0.2, -0.15) is 11.8 Å². The summed E-state index contributed by atoms with van der Waals surface area (Å²) >= 11 is 4.40. The molecule has 1 fully saturated rings. The van der Waals surface area contributed by atoms with E-state index in [1.807, 2.05) is 11.8 Å². The molecule has 1 unspecified atom stereocenters. The standard InChI is InChI=1S/C15H25IN4S/c1-4-6-11-13(16)15(17-7-5-2)19-14(18-11)12-10-21-9-8-20(12)3/h12H,4-10H2,1-3H3,(H,17,18,19). The average Bonchev–Trinajstić information content (AvgIpc) is 2.49. The molecule has 0 aromatic carbocycles. The van der Waals surface area contributed by atoms with Crippen LogP contribution in [0.5, 0.6) is 0 Å². The van der Waals surface area contributed by atoms with Crippen molar-refractivity contribution in [2.45, 2.75) is 39.2 Å². The van der Waals surface area contributed by atoms with Gasteiger partial charge in [0.1, 0.15) is 11.6 Å². The summed E-state index contributed by atoms with van der Waals surface area (Å²) in [5, 5.41) is 3.47. The van der Waals surface area contributed by atoms with Gasteiger partial charge in [-0.15, -0.1) is 0 Å². The monoisotopic (exact) mass is 420 g/mol. The maximum atomic E-state index is 4.89. The fraction of sp³-hybridized carbons (Fsp3) is 0.733. The number of hydrogen-bond acceptors (Lipinski definition) is 5. The molecule has 6 heteroatoms. The van der Waals surface area contributed by atoms with Gasteiger partial charge in [0, 0.05) is 24.6 Å². The largest absolute Gasteiger partial charge is 0.369 e. The van der Waals surface area contributed by atoms with Crippen LogP contribution in [0, 0.1) is 3.57 Å². The normalized spacial score (nSPS) is 19.7. The van der Waals surface area contributed by atoms with Gasteiger partial charge < -0.3 is 5.32 Å². The van der Waals surface area contributed by atoms with Gasteiger partial charge in [0.2, 0.25) is 0 Å². The molecule has 4 nitrogen and oxygen atoms in total. The maximum absolute atomic E-state index is 4.89. The molecular formula is C15H25IN4S. The van der Waals surface area contributed by atoms with Crippen LogP contribution in [0.25, 0.3) is 0 Å². The SMILES string of the molecule is CCCNc1nc(C2CSCCN2C)nc(CCC)c1I. The first-order valence-corrected chi connectivity index (χ1v) is 9.98. The lowest BCUT2D eigenvalue weighted by Crippen LogP contribution is -2.34. The molecule has 1 saturated heterocycles. The van der Waals surface area contributed by atoms with Gasteiger partial charge in [-0.25, -0.2) is 9.97 Å². The fourth-order valence-electron chi connectivity index (χ4n) is 2.38. The van der Waals surface area contributed by atoms with Crippen molar-refractivity contribution in [3.63, 3.8) is 0 Å². The van der Waals surface area contributed by atoms with Crippen LogP contribution in [0.4, 0.5) is 5.82 Å². The van der Waals surface area contributed by atoms with E-state index >= 15 is 0 Å². The predicted molar refractivity (Wildman–Crippen MR) is 100 cm³/mol. The molecule has 0 spiro atoms. The third kappa shape index (κ3) is 4.45. The Morgan fingerprint density at radius 3 is 2.81 bits per heavy atom. The number of hydrogen-bond donors (Lipinski definition) is 1. The second kappa shape index (κ2) is 8.53. The van der Waals surface area contributed by atoms with Crippen LogP contribution in [0.1, 0.15) is 44.2 Å². The molecule has 0 aliphatic carbocycles. The summed E-state index contributed by atoms with van der Waals surface area (Å²) in [4.78, 5) is 12.1. The van der Waals surface area contributed by atoms with Crippen LogP contribution in [-0.4, -0.2) is 46.5 Å². The highest BCUT2D eigenvalue weighted by molar-refractivity contribution is 14.1. The molecule has 1 aliphatic rings. The van der Waals surface area contributed by atoms with E-state index in [0.29, 0.717) is 6.04 Å². The van der Waals surface area contributed by atoms with Crippen molar-refractivity contribution in [1.82, 2.24) is 14.9 Å². The molecule has 1 aliphatic heterocycles. The number of anilines is 1. The lowest BCUT2D eigenvalue weighted by atomic mass is 10.2. The molecule has 118 valence electrons. The molecule has 1 aromatic rings. The molecule has 2 rings (SSSR count). The van der Waals surface area contributed by atoms with Crippen molar-refractivity contribution < 1.29 is 0 Å². The number of aromatic nitrogens is 2. The Balaban J connectivity index is 2.32. The first-order valence-electron chi connectivity index (χ1n) is 7.75. The molecule has 2 heterocycles. The highest BCUT2D eigenvalue weighted by atomic mass is 127. The molecule has 1 aromatic heterocycles. The highest BCUT2D eigenvalue weighted by Crippen LogP contribution is 2.29. The minimum absolute atomic E-state index is 0.346. The number of aryl methyl sites for hydroxylation is 1. The van der Waals surface area contributed by atoms with Crippen LogP contribution >= 0.6 is 34.4 Å². The minimum Gasteiger partial charge on any atom is -0.369 e. The van der Waals surface area contributed by atoms with E-state index in [-0.39, 0.29) is 0 Å². The summed E-state index contributed by atoms with van der Waals surface area (Å²) in [5.41, 5.74) is 1.20. The van der Waals surface area contributed by atoms with Gasteiger partial charge in [-0.05, 0) is 42.5 Å². The second-order valence-corrected chi connectivity index (χ2v) is 7.67. The van der Waals surface area contributed by atoms with Crippen LogP contribution in [0.2, 0.25) is 0 Å². The number of rotatable bonds is 6. The van der Waals surface area contributed by atoms with Gasteiger partial charge >= 0.3 is 0 Å². The molecule has 21 heavy (non-hydrogen) atoms. The number of halogens is 1. The van der Waals surface area contributed by atoms with Crippen LogP contribution in [0.15, 0.2) is 0 Å². The minimum atomic E-state index is 0.346. The Hall–Kier alpha value is -0.0800. The third-order valence-corrected chi connectivity index (χ3v) is 5.82. The fourth-order valence-corrected chi connectivity index (χ4v) is 4.30. The predicted octanol–water partition coefficient (Wildman–Crippen LogP) is 3.58. The number of thioether (sulfide) groups is 1. The second-order valence-electron chi connectivity index (χ2n) is 5.44. The summed E-state index contributed by atoms with van der Waals surface area (Å²) in [6.45, 7) is 6.47. The quantitative estimate of drug-likeness (QED) is 0.713. The zero-order valence-corrected chi connectivity index (χ0v) is 16.1. The van der Waals surface area contributed by atoms with E-state index in [0.717, 1.165) is 49.7 Å². The number of nitrogens with one attached hydrogen (secondary N) is 1. The van der Waals surface area contributed by atoms with Gasteiger partial charge in [-0.1, -0.05) is 20.3 Å². The van der Waals surface area contributed by atoms with Crippen molar-refractivity contribution in [1.29, 1.82) is 0 Å². The molecule has 0 bridgehead atoms. The average molecular weight is 420 g/mol. The van der Waals surface area contributed by atoms with E-state index in [1.54, 1.807) is 0 Å². The van der Waals surface area contributed by atoms with Crippen molar-refractivity contribution in [2.75, 3.05) is 37.0 Å². The smallest absolute Gasteiger partial charge is 0.149 e. The molecule has 1 N–H and O–H groups in total. The van der Waals surface area contributed by atoms with Crippen molar-refractivity contribution in [2.24, 2.45) is 0 Å². The summed E-state index contributed by atoms with van der Waals surface area (Å²) in [6.07, 6.45) is 3.25. The van der Waals surface area contributed by atoms with Gasteiger partial charge in [0.15, 0.2) is 0 Å². The van der Waals surface area contributed by atoms with E-state index in [9.17, 15) is 0 Å². The van der Waals surface area contributed by atoms with Crippen molar-refractivity contribution in [3.8, 4) is 0 Å². The first kappa shape index (κ1) is 17.3. The third-order valence-electron chi connectivity index (χ3n) is 3.66. The molecule has 0 radical (unpaired) electrons. The van der Waals surface area contributed by atoms with E-state index in [2.05, 4.69) is 53.7 Å². The Bertz CT molecular complexity index is 469. The Morgan fingerprint density at radius 2 is 2.14 bits per heavy atom. The molecule has 1 atom stereocenters. The summed E-state index contributed by atoms with van der Waals surface area (Å²) in [7, 11) is 2.18. The van der Waals surface area contributed by atoms with E-state index in [4.69, 9.17) is 9.97 Å². The lowest BCUT2D eigenvalue weighted by molar-refractivity contribution is 0.264. The molecular weight excluding hydrogens is 395 g/mol. The van der Waals surface area contributed by atoms with Gasteiger partial charge in [0.05, 0.1) is 15.3 Å². The molecule has 0 saturated carbocycles. The zero-order chi connectivity index (χ0) is 15.2. The maximum Gasteiger partial charge on any atom is 0.149 e. The lowest BCUT2D eigenvalue weighted by Gasteiger charge is -2.31. The van der Waals surface area contributed by atoms with Gasteiger partial charge in [0.25, 0.3) is 0 Å². The zero-order valence-electron chi connectivity index (χ0n) is 13.2. The Morgan fingerprint density at radius 1 is 1.33 bits per heavy atom. The Kier molecular flexibility index (Phi) is 7.01. The van der Waals surface area contributed by atoms with Crippen LogP contribution < -0.4 is 5.32 Å². The summed E-state index contributed by atoms with van der Waals surface area (Å²) in [5.74, 6) is 4.32. The van der Waals surface area contributed by atoms with E-state index < -0.39 is 0 Å². The van der Waals surface area contributed by atoms with Crippen molar-refractivity contribution >= 4 is 40.2 Å². The summed E-state index contributed by atoms with van der Waals surface area (Å²) < 4.78 is 1.19. The van der Waals surface area contributed by atoms with E-state index in [1.165, 1.54) is 15.0 Å².